The van der Waals surface area contributed by atoms with Crippen molar-refractivity contribution in [1.82, 2.24) is 9.97 Å². The molecule has 1 aromatic carbocycles. The second-order valence-electron chi connectivity index (χ2n) is 3.61. The zero-order valence-electron chi connectivity index (χ0n) is 9.05. The minimum absolute atomic E-state index is 0.0414. The Morgan fingerprint density at radius 3 is 2.47 bits per heavy atom. The first-order valence-corrected chi connectivity index (χ1v) is 5.29. The average molecular weight is 293 g/mol. The first-order chi connectivity index (χ1) is 8.77. The number of alkyl halides is 3. The summed E-state index contributed by atoms with van der Waals surface area (Å²) >= 11 is 5.71. The number of nitrogens with one attached hydrogen (secondary N) is 1. The molecular formula is C11H5ClF4N2O. The molecule has 0 saturated heterocycles. The van der Waals surface area contributed by atoms with E-state index < -0.39 is 23.4 Å². The number of nitrogens with zero attached hydrogens (tertiary/aromatic N) is 1. The molecule has 0 radical (unpaired) electrons. The molecule has 0 unspecified atom stereocenters. The average Bonchev–Trinajstić information content (AvgIpc) is 2.26. The van der Waals surface area contributed by atoms with Crippen LogP contribution in [-0.2, 0) is 6.18 Å². The van der Waals surface area contributed by atoms with Crippen molar-refractivity contribution < 1.29 is 17.6 Å². The van der Waals surface area contributed by atoms with E-state index in [0.717, 1.165) is 18.2 Å². The van der Waals surface area contributed by atoms with E-state index in [0.29, 0.717) is 6.07 Å². The van der Waals surface area contributed by atoms with Gasteiger partial charge in [-0.2, -0.15) is 18.2 Å². The van der Waals surface area contributed by atoms with Crippen LogP contribution in [0.25, 0.3) is 11.3 Å². The molecule has 19 heavy (non-hydrogen) atoms. The van der Waals surface area contributed by atoms with Gasteiger partial charge in [-0.25, -0.2) is 9.18 Å². The Hall–Kier alpha value is -1.89. The lowest BCUT2D eigenvalue weighted by atomic mass is 10.1. The van der Waals surface area contributed by atoms with Crippen LogP contribution in [0.15, 0.2) is 29.1 Å². The highest BCUT2D eigenvalue weighted by Crippen LogP contribution is 2.31. The molecule has 0 saturated carbocycles. The van der Waals surface area contributed by atoms with Crippen LogP contribution in [0, 0.1) is 5.82 Å². The third kappa shape index (κ3) is 2.93. The normalized spacial score (nSPS) is 11.6. The summed E-state index contributed by atoms with van der Waals surface area (Å²) in [6.45, 7) is 0. The van der Waals surface area contributed by atoms with Crippen molar-refractivity contribution in [1.29, 1.82) is 0 Å². The smallest absolute Gasteiger partial charge is 0.302 e. The summed E-state index contributed by atoms with van der Waals surface area (Å²) in [5, 5.41) is -0.133. The maximum absolute atomic E-state index is 12.9. The van der Waals surface area contributed by atoms with E-state index >= 15 is 0 Å². The lowest BCUT2D eigenvalue weighted by Gasteiger charge is -2.08. The third-order valence-electron chi connectivity index (χ3n) is 2.26. The Kier molecular flexibility index (Phi) is 3.32. The van der Waals surface area contributed by atoms with Crippen molar-refractivity contribution in [3.05, 3.63) is 51.3 Å². The van der Waals surface area contributed by atoms with E-state index in [-0.39, 0.29) is 16.3 Å². The minimum Gasteiger partial charge on any atom is -0.302 e. The van der Waals surface area contributed by atoms with Crippen molar-refractivity contribution in [3.63, 3.8) is 0 Å². The number of halogens is 5. The Balaban J connectivity index is 2.63. The van der Waals surface area contributed by atoms with E-state index in [2.05, 4.69) is 4.98 Å². The Labute approximate surface area is 108 Å². The van der Waals surface area contributed by atoms with Gasteiger partial charge < -0.3 is 4.98 Å². The topological polar surface area (TPSA) is 45.8 Å². The molecule has 3 nitrogen and oxygen atoms in total. The second-order valence-corrected chi connectivity index (χ2v) is 4.01. The number of aromatic amines is 1. The largest absolute Gasteiger partial charge is 0.431 e. The summed E-state index contributed by atoms with van der Waals surface area (Å²) in [6, 6.07) is 3.73. The van der Waals surface area contributed by atoms with Gasteiger partial charge >= 0.3 is 11.9 Å². The number of hydrogen-bond acceptors (Lipinski definition) is 2. The van der Waals surface area contributed by atoms with Gasteiger partial charge in [-0.3, -0.25) is 0 Å². The number of rotatable bonds is 1. The molecule has 2 aromatic rings. The maximum atomic E-state index is 12.9. The molecule has 0 spiro atoms. The number of aromatic nitrogens is 2. The van der Waals surface area contributed by atoms with Crippen molar-refractivity contribution in [2.24, 2.45) is 0 Å². The lowest BCUT2D eigenvalue weighted by molar-refractivity contribution is -0.141. The van der Waals surface area contributed by atoms with Gasteiger partial charge in [-0.15, -0.1) is 0 Å². The first kappa shape index (κ1) is 13.5. The predicted molar refractivity (Wildman–Crippen MR) is 60.3 cm³/mol. The van der Waals surface area contributed by atoms with Crippen molar-refractivity contribution >= 4 is 11.6 Å². The molecule has 100 valence electrons. The molecule has 0 fully saturated rings. The minimum atomic E-state index is -4.72. The SMILES string of the molecule is O=c1nc(-c2ccc(F)cc2Cl)cc(C(F)(F)F)[nH]1. The van der Waals surface area contributed by atoms with Gasteiger partial charge in [-0.1, -0.05) is 11.6 Å². The molecule has 0 aliphatic rings. The summed E-state index contributed by atoms with van der Waals surface area (Å²) < 4.78 is 50.5. The molecule has 0 bridgehead atoms. The second kappa shape index (κ2) is 4.65. The molecule has 1 heterocycles. The molecule has 0 aliphatic heterocycles. The lowest BCUT2D eigenvalue weighted by Crippen LogP contribution is -2.19. The number of H-pyrrole nitrogens is 1. The predicted octanol–water partition coefficient (Wildman–Crippen LogP) is 3.25. The summed E-state index contributed by atoms with van der Waals surface area (Å²) in [6.07, 6.45) is -4.72. The zero-order valence-corrected chi connectivity index (χ0v) is 9.81. The molecular weight excluding hydrogens is 288 g/mol. The summed E-state index contributed by atoms with van der Waals surface area (Å²) in [5.74, 6) is -0.644. The van der Waals surface area contributed by atoms with Crippen molar-refractivity contribution in [2.45, 2.75) is 6.18 Å². The van der Waals surface area contributed by atoms with Gasteiger partial charge in [0, 0.05) is 5.56 Å². The highest BCUT2D eigenvalue weighted by Gasteiger charge is 2.32. The fraction of sp³-hybridized carbons (Fsp3) is 0.0909. The van der Waals surface area contributed by atoms with Crippen LogP contribution in [-0.4, -0.2) is 9.97 Å². The van der Waals surface area contributed by atoms with Gasteiger partial charge in [0.25, 0.3) is 0 Å². The summed E-state index contributed by atoms with van der Waals surface area (Å²) in [4.78, 5) is 16.1. The Morgan fingerprint density at radius 1 is 1.21 bits per heavy atom. The fourth-order valence-electron chi connectivity index (χ4n) is 1.45. The van der Waals surface area contributed by atoms with Crippen LogP contribution in [0.1, 0.15) is 5.69 Å². The fourth-order valence-corrected chi connectivity index (χ4v) is 1.71. The molecule has 0 atom stereocenters. The Bertz CT molecular complexity index is 681. The van der Waals surface area contributed by atoms with Crippen molar-refractivity contribution in [2.75, 3.05) is 0 Å². The highest BCUT2D eigenvalue weighted by molar-refractivity contribution is 6.33. The van der Waals surface area contributed by atoms with Crippen LogP contribution in [0.5, 0.6) is 0 Å². The van der Waals surface area contributed by atoms with Gasteiger partial charge in [0.1, 0.15) is 11.5 Å². The van der Waals surface area contributed by atoms with E-state index in [1.165, 1.54) is 0 Å². The van der Waals surface area contributed by atoms with E-state index in [1.54, 1.807) is 4.98 Å². The number of hydrogen-bond donors (Lipinski definition) is 1. The van der Waals surface area contributed by atoms with E-state index in [1.807, 2.05) is 0 Å². The quantitative estimate of drug-likeness (QED) is 0.820. The highest BCUT2D eigenvalue weighted by atomic mass is 35.5. The van der Waals surface area contributed by atoms with Gasteiger partial charge in [0.15, 0.2) is 0 Å². The molecule has 0 amide bonds. The zero-order chi connectivity index (χ0) is 14.2. The molecule has 1 N–H and O–H groups in total. The summed E-state index contributed by atoms with van der Waals surface area (Å²) in [7, 11) is 0. The molecule has 0 aliphatic carbocycles. The van der Waals surface area contributed by atoms with Gasteiger partial charge in [-0.05, 0) is 24.3 Å². The first-order valence-electron chi connectivity index (χ1n) is 4.91. The van der Waals surface area contributed by atoms with Crippen molar-refractivity contribution in [3.8, 4) is 11.3 Å². The van der Waals surface area contributed by atoms with Crippen LogP contribution >= 0.6 is 11.6 Å². The standard InChI is InChI=1S/C11H5ClF4N2O/c12-7-3-5(13)1-2-6(7)8-4-9(11(14,15)16)18-10(19)17-8/h1-4H,(H,17,18,19). The van der Waals surface area contributed by atoms with Crippen LogP contribution in [0.4, 0.5) is 17.6 Å². The molecule has 2 rings (SSSR count). The van der Waals surface area contributed by atoms with E-state index in [4.69, 9.17) is 11.6 Å². The van der Waals surface area contributed by atoms with Crippen LogP contribution in [0.3, 0.4) is 0 Å². The third-order valence-corrected chi connectivity index (χ3v) is 2.57. The Morgan fingerprint density at radius 2 is 1.89 bits per heavy atom. The van der Waals surface area contributed by atoms with Gasteiger partial charge in [0.05, 0.1) is 10.7 Å². The molecule has 1 aromatic heterocycles. The maximum Gasteiger partial charge on any atom is 0.431 e. The van der Waals surface area contributed by atoms with E-state index in [9.17, 15) is 22.4 Å². The summed E-state index contributed by atoms with van der Waals surface area (Å²) in [5.41, 5.74) is -2.64. The monoisotopic (exact) mass is 292 g/mol. The van der Waals surface area contributed by atoms with Crippen LogP contribution < -0.4 is 5.69 Å². The molecule has 8 heteroatoms. The van der Waals surface area contributed by atoms with Gasteiger partial charge in [0.2, 0.25) is 0 Å². The van der Waals surface area contributed by atoms with Crippen LogP contribution in [0.2, 0.25) is 5.02 Å². The number of benzene rings is 1.